The van der Waals surface area contributed by atoms with Crippen molar-refractivity contribution in [3.63, 3.8) is 0 Å². The van der Waals surface area contributed by atoms with E-state index in [2.05, 4.69) is 10.4 Å². The molecule has 2 N–H and O–H groups in total. The van der Waals surface area contributed by atoms with Gasteiger partial charge >= 0.3 is 5.97 Å². The van der Waals surface area contributed by atoms with Crippen molar-refractivity contribution in [1.29, 1.82) is 0 Å². The summed E-state index contributed by atoms with van der Waals surface area (Å²) in [5, 5.41) is 16.1. The number of aromatic carboxylic acids is 1. The average Bonchev–Trinajstić information content (AvgIpc) is 2.78. The van der Waals surface area contributed by atoms with Gasteiger partial charge in [-0.2, -0.15) is 5.10 Å². The van der Waals surface area contributed by atoms with Crippen LogP contribution in [0, 0.1) is 13.8 Å². The van der Waals surface area contributed by atoms with Crippen LogP contribution >= 0.6 is 0 Å². The number of nitrogens with one attached hydrogen (secondary N) is 1. The SMILES string of the molecule is COc1cc(C(=O)O)cc(NC(=O)c2c(C)nn(C)c2C)c1OC. The first-order chi connectivity index (χ1) is 11.3. The molecule has 2 rings (SSSR count). The van der Waals surface area contributed by atoms with Crippen LogP contribution in [0.15, 0.2) is 12.1 Å². The predicted molar refractivity (Wildman–Crippen MR) is 87.1 cm³/mol. The van der Waals surface area contributed by atoms with Crippen molar-refractivity contribution >= 4 is 17.6 Å². The molecule has 0 saturated heterocycles. The van der Waals surface area contributed by atoms with E-state index in [-0.39, 0.29) is 22.7 Å². The molecule has 24 heavy (non-hydrogen) atoms. The van der Waals surface area contributed by atoms with Crippen molar-refractivity contribution < 1.29 is 24.2 Å². The van der Waals surface area contributed by atoms with Crippen molar-refractivity contribution in [3.05, 3.63) is 34.6 Å². The molecule has 0 radical (unpaired) electrons. The lowest BCUT2D eigenvalue weighted by molar-refractivity contribution is 0.0696. The number of anilines is 1. The normalized spacial score (nSPS) is 10.4. The number of ether oxygens (including phenoxy) is 2. The Hall–Kier alpha value is -3.03. The maximum absolute atomic E-state index is 12.6. The summed E-state index contributed by atoms with van der Waals surface area (Å²) in [5.41, 5.74) is 1.89. The van der Waals surface area contributed by atoms with E-state index >= 15 is 0 Å². The lowest BCUT2D eigenvalue weighted by atomic mass is 10.1. The Balaban J connectivity index is 2.49. The highest BCUT2D eigenvalue weighted by Crippen LogP contribution is 2.37. The number of carbonyl (C=O) groups is 2. The minimum Gasteiger partial charge on any atom is -0.493 e. The van der Waals surface area contributed by atoms with Gasteiger partial charge in [0.15, 0.2) is 11.5 Å². The van der Waals surface area contributed by atoms with Gasteiger partial charge in [0.2, 0.25) is 0 Å². The average molecular weight is 333 g/mol. The third kappa shape index (κ3) is 3.03. The molecular weight excluding hydrogens is 314 g/mol. The molecule has 0 spiro atoms. The zero-order chi connectivity index (χ0) is 18.0. The molecule has 0 aliphatic carbocycles. The standard InChI is InChI=1S/C16H19N3O5/c1-8-13(9(2)19(3)18-8)15(20)17-11-6-10(16(21)22)7-12(23-4)14(11)24-5/h6-7H,1-5H3,(H,17,20)(H,21,22). The first-order valence-corrected chi connectivity index (χ1v) is 7.11. The van der Waals surface area contributed by atoms with Gasteiger partial charge in [0.25, 0.3) is 5.91 Å². The summed E-state index contributed by atoms with van der Waals surface area (Å²) in [6, 6.07) is 2.65. The second kappa shape index (κ2) is 6.61. The van der Waals surface area contributed by atoms with Gasteiger partial charge in [-0.1, -0.05) is 0 Å². The number of methoxy groups -OCH3 is 2. The van der Waals surface area contributed by atoms with Crippen molar-refractivity contribution in [2.24, 2.45) is 7.05 Å². The van der Waals surface area contributed by atoms with E-state index in [0.717, 1.165) is 0 Å². The van der Waals surface area contributed by atoms with Gasteiger partial charge in [-0.15, -0.1) is 0 Å². The van der Waals surface area contributed by atoms with E-state index in [1.807, 2.05) is 0 Å². The van der Waals surface area contributed by atoms with E-state index in [1.54, 1.807) is 25.6 Å². The Morgan fingerprint density at radius 1 is 1.21 bits per heavy atom. The van der Waals surface area contributed by atoms with Crippen LogP contribution in [0.2, 0.25) is 0 Å². The van der Waals surface area contributed by atoms with E-state index in [0.29, 0.717) is 17.0 Å². The zero-order valence-electron chi connectivity index (χ0n) is 14.1. The number of carbonyl (C=O) groups excluding carboxylic acids is 1. The van der Waals surface area contributed by atoms with Crippen LogP contribution in [-0.2, 0) is 7.05 Å². The van der Waals surface area contributed by atoms with E-state index < -0.39 is 11.9 Å². The van der Waals surface area contributed by atoms with Crippen LogP contribution in [0.4, 0.5) is 5.69 Å². The van der Waals surface area contributed by atoms with Crippen LogP contribution in [-0.4, -0.2) is 41.0 Å². The van der Waals surface area contributed by atoms with Crippen LogP contribution in [0.25, 0.3) is 0 Å². The topological polar surface area (TPSA) is 103 Å². The maximum atomic E-state index is 12.6. The largest absolute Gasteiger partial charge is 0.493 e. The van der Waals surface area contributed by atoms with Gasteiger partial charge in [0, 0.05) is 12.7 Å². The van der Waals surface area contributed by atoms with Gasteiger partial charge in [0.05, 0.1) is 36.7 Å². The summed E-state index contributed by atoms with van der Waals surface area (Å²) >= 11 is 0. The summed E-state index contributed by atoms with van der Waals surface area (Å²) in [7, 11) is 4.55. The highest BCUT2D eigenvalue weighted by atomic mass is 16.5. The van der Waals surface area contributed by atoms with E-state index in [9.17, 15) is 14.7 Å². The molecule has 1 aromatic heterocycles. The second-order valence-electron chi connectivity index (χ2n) is 5.19. The summed E-state index contributed by atoms with van der Waals surface area (Å²) in [6.07, 6.45) is 0. The number of amides is 1. The molecule has 0 atom stereocenters. The van der Waals surface area contributed by atoms with Crippen LogP contribution < -0.4 is 14.8 Å². The molecule has 1 aromatic carbocycles. The number of aromatic nitrogens is 2. The molecule has 0 saturated carbocycles. The van der Waals surface area contributed by atoms with Crippen molar-refractivity contribution in [2.45, 2.75) is 13.8 Å². The molecule has 8 heteroatoms. The number of hydrogen-bond acceptors (Lipinski definition) is 5. The quantitative estimate of drug-likeness (QED) is 0.867. The number of nitrogens with zero attached hydrogens (tertiary/aromatic N) is 2. The van der Waals surface area contributed by atoms with Gasteiger partial charge in [0.1, 0.15) is 0 Å². The lowest BCUT2D eigenvalue weighted by Gasteiger charge is -2.15. The number of carboxylic acids is 1. The highest BCUT2D eigenvalue weighted by molar-refractivity contribution is 6.07. The number of rotatable bonds is 5. The molecule has 0 aliphatic rings. The Morgan fingerprint density at radius 3 is 2.33 bits per heavy atom. The molecule has 0 aliphatic heterocycles. The third-order valence-electron chi connectivity index (χ3n) is 3.71. The number of aryl methyl sites for hydroxylation is 2. The molecule has 2 aromatic rings. The minimum atomic E-state index is -1.14. The van der Waals surface area contributed by atoms with Crippen LogP contribution in [0.5, 0.6) is 11.5 Å². The van der Waals surface area contributed by atoms with Gasteiger partial charge < -0.3 is 19.9 Å². The molecule has 128 valence electrons. The minimum absolute atomic E-state index is 0.0254. The summed E-state index contributed by atoms with van der Waals surface area (Å²) in [6.45, 7) is 3.51. The van der Waals surface area contributed by atoms with Crippen LogP contribution in [0.1, 0.15) is 32.1 Å². The van der Waals surface area contributed by atoms with Gasteiger partial charge in [-0.05, 0) is 26.0 Å². The fourth-order valence-corrected chi connectivity index (χ4v) is 2.47. The number of hydrogen-bond donors (Lipinski definition) is 2. The Labute approximate surface area is 139 Å². The Bertz CT molecular complexity index is 811. The van der Waals surface area contributed by atoms with Crippen molar-refractivity contribution in [3.8, 4) is 11.5 Å². The lowest BCUT2D eigenvalue weighted by Crippen LogP contribution is -2.15. The summed E-state index contributed by atoms with van der Waals surface area (Å²) in [4.78, 5) is 23.9. The smallest absolute Gasteiger partial charge is 0.335 e. The fraction of sp³-hybridized carbons (Fsp3) is 0.312. The second-order valence-corrected chi connectivity index (χ2v) is 5.19. The van der Waals surface area contributed by atoms with Crippen molar-refractivity contribution in [1.82, 2.24) is 9.78 Å². The molecule has 0 bridgehead atoms. The van der Waals surface area contributed by atoms with Gasteiger partial charge in [-0.25, -0.2) is 4.79 Å². The van der Waals surface area contributed by atoms with Gasteiger partial charge in [-0.3, -0.25) is 9.48 Å². The van der Waals surface area contributed by atoms with E-state index in [1.165, 1.54) is 26.4 Å². The van der Waals surface area contributed by atoms with Crippen LogP contribution in [0.3, 0.4) is 0 Å². The Kier molecular flexibility index (Phi) is 4.77. The molecule has 0 fully saturated rings. The van der Waals surface area contributed by atoms with E-state index in [4.69, 9.17) is 9.47 Å². The third-order valence-corrected chi connectivity index (χ3v) is 3.71. The molecule has 0 unspecified atom stereocenters. The highest BCUT2D eigenvalue weighted by Gasteiger charge is 2.21. The predicted octanol–water partition coefficient (Wildman–Crippen LogP) is 2.00. The zero-order valence-corrected chi connectivity index (χ0v) is 14.1. The number of benzene rings is 1. The summed E-state index contributed by atoms with van der Waals surface area (Å²) in [5.74, 6) is -1.08. The number of carboxylic acid groups (broad SMARTS) is 1. The van der Waals surface area contributed by atoms with Crippen molar-refractivity contribution in [2.75, 3.05) is 19.5 Å². The maximum Gasteiger partial charge on any atom is 0.335 e. The molecule has 8 nitrogen and oxygen atoms in total. The monoisotopic (exact) mass is 333 g/mol. The molecule has 1 amide bonds. The fourth-order valence-electron chi connectivity index (χ4n) is 2.47. The first kappa shape index (κ1) is 17.3. The molecular formula is C16H19N3O5. The summed E-state index contributed by atoms with van der Waals surface area (Å²) < 4.78 is 12.0. The molecule has 1 heterocycles. The first-order valence-electron chi connectivity index (χ1n) is 7.11. The Morgan fingerprint density at radius 2 is 1.88 bits per heavy atom.